The van der Waals surface area contributed by atoms with Gasteiger partial charge in [0.1, 0.15) is 12.4 Å². The van der Waals surface area contributed by atoms with Crippen molar-refractivity contribution in [3.05, 3.63) is 42.5 Å². The standard InChI is InChI=1S/C17H26N2O/c1-3-10-19(16-8-9-16)11-12-20-17-7-5-6-15(13-17)14-18-4-2/h3,5-7,13,16,18H,1,4,8-12,14H2,2H3. The molecule has 1 aliphatic rings. The van der Waals surface area contributed by atoms with Crippen LogP contribution in [0.5, 0.6) is 5.75 Å². The molecular weight excluding hydrogens is 248 g/mol. The number of hydrogen-bond acceptors (Lipinski definition) is 3. The van der Waals surface area contributed by atoms with Gasteiger partial charge >= 0.3 is 0 Å². The van der Waals surface area contributed by atoms with Crippen LogP contribution in [0.2, 0.25) is 0 Å². The van der Waals surface area contributed by atoms with E-state index in [1.165, 1.54) is 18.4 Å². The van der Waals surface area contributed by atoms with Crippen molar-refractivity contribution in [2.24, 2.45) is 0 Å². The molecular formula is C17H26N2O. The Labute approximate surface area is 122 Å². The van der Waals surface area contributed by atoms with Crippen LogP contribution in [0.4, 0.5) is 0 Å². The molecule has 0 amide bonds. The number of rotatable bonds is 10. The van der Waals surface area contributed by atoms with E-state index in [9.17, 15) is 0 Å². The molecule has 0 radical (unpaired) electrons. The number of benzene rings is 1. The first-order chi connectivity index (χ1) is 9.83. The van der Waals surface area contributed by atoms with Crippen LogP contribution in [0.3, 0.4) is 0 Å². The molecule has 1 aromatic rings. The molecule has 0 spiro atoms. The number of hydrogen-bond donors (Lipinski definition) is 1. The predicted octanol–water partition coefficient (Wildman–Crippen LogP) is 2.83. The first kappa shape index (κ1) is 15.1. The van der Waals surface area contributed by atoms with E-state index in [0.717, 1.165) is 44.6 Å². The van der Waals surface area contributed by atoms with Crippen molar-refractivity contribution < 1.29 is 4.74 Å². The molecule has 2 rings (SSSR count). The van der Waals surface area contributed by atoms with Crippen molar-refractivity contribution in [3.63, 3.8) is 0 Å². The van der Waals surface area contributed by atoms with Crippen LogP contribution in [0.1, 0.15) is 25.3 Å². The van der Waals surface area contributed by atoms with Crippen LogP contribution in [0, 0.1) is 0 Å². The van der Waals surface area contributed by atoms with Gasteiger partial charge in [-0.3, -0.25) is 4.90 Å². The summed E-state index contributed by atoms with van der Waals surface area (Å²) in [5.74, 6) is 0.967. The van der Waals surface area contributed by atoms with Crippen molar-refractivity contribution in [3.8, 4) is 5.75 Å². The van der Waals surface area contributed by atoms with E-state index in [0.29, 0.717) is 0 Å². The highest BCUT2D eigenvalue weighted by Crippen LogP contribution is 2.26. The lowest BCUT2D eigenvalue weighted by molar-refractivity contribution is 0.216. The Morgan fingerprint density at radius 2 is 2.30 bits per heavy atom. The second-order valence-corrected chi connectivity index (χ2v) is 5.29. The number of ether oxygens (including phenoxy) is 1. The summed E-state index contributed by atoms with van der Waals surface area (Å²) in [6.07, 6.45) is 4.63. The van der Waals surface area contributed by atoms with Crippen LogP contribution < -0.4 is 10.1 Å². The summed E-state index contributed by atoms with van der Waals surface area (Å²) in [6.45, 7) is 10.5. The Balaban J connectivity index is 1.76. The third kappa shape index (κ3) is 4.99. The van der Waals surface area contributed by atoms with Crippen LogP contribution >= 0.6 is 0 Å². The maximum Gasteiger partial charge on any atom is 0.119 e. The van der Waals surface area contributed by atoms with Crippen LogP contribution in [-0.4, -0.2) is 37.2 Å². The summed E-state index contributed by atoms with van der Waals surface area (Å²) in [5.41, 5.74) is 1.27. The predicted molar refractivity (Wildman–Crippen MR) is 84.1 cm³/mol. The Hall–Kier alpha value is -1.32. The van der Waals surface area contributed by atoms with Crippen molar-refractivity contribution in [2.75, 3.05) is 26.2 Å². The second-order valence-electron chi connectivity index (χ2n) is 5.29. The lowest BCUT2D eigenvalue weighted by Crippen LogP contribution is -2.30. The smallest absolute Gasteiger partial charge is 0.119 e. The van der Waals surface area contributed by atoms with E-state index in [1.54, 1.807) is 0 Å². The van der Waals surface area contributed by atoms with Gasteiger partial charge in [-0.25, -0.2) is 0 Å². The fourth-order valence-electron chi connectivity index (χ4n) is 2.32. The Bertz CT molecular complexity index is 415. The van der Waals surface area contributed by atoms with Gasteiger partial charge < -0.3 is 10.1 Å². The summed E-state index contributed by atoms with van der Waals surface area (Å²) < 4.78 is 5.88. The normalized spacial score (nSPS) is 14.5. The van der Waals surface area contributed by atoms with Crippen molar-refractivity contribution >= 4 is 0 Å². The Kier molecular flexibility index (Phi) is 6.09. The van der Waals surface area contributed by atoms with Gasteiger partial charge in [0, 0.05) is 25.7 Å². The van der Waals surface area contributed by atoms with E-state index in [-0.39, 0.29) is 0 Å². The Morgan fingerprint density at radius 3 is 3.00 bits per heavy atom. The third-order valence-corrected chi connectivity index (χ3v) is 3.55. The second kappa shape index (κ2) is 8.08. The fraction of sp³-hybridized carbons (Fsp3) is 0.529. The molecule has 0 atom stereocenters. The summed E-state index contributed by atoms with van der Waals surface area (Å²) in [4.78, 5) is 2.45. The number of nitrogens with zero attached hydrogens (tertiary/aromatic N) is 1. The SMILES string of the molecule is C=CCN(CCOc1cccc(CNCC)c1)C1CC1. The topological polar surface area (TPSA) is 24.5 Å². The quantitative estimate of drug-likeness (QED) is 0.664. The van der Waals surface area contributed by atoms with Gasteiger partial charge in [0.25, 0.3) is 0 Å². The van der Waals surface area contributed by atoms with Crippen molar-refractivity contribution in [1.82, 2.24) is 10.2 Å². The largest absolute Gasteiger partial charge is 0.492 e. The van der Waals surface area contributed by atoms with Crippen molar-refractivity contribution in [1.29, 1.82) is 0 Å². The zero-order valence-corrected chi connectivity index (χ0v) is 12.5. The molecule has 20 heavy (non-hydrogen) atoms. The molecule has 1 aliphatic carbocycles. The van der Waals surface area contributed by atoms with E-state index in [4.69, 9.17) is 4.74 Å². The van der Waals surface area contributed by atoms with Crippen LogP contribution in [0.15, 0.2) is 36.9 Å². The monoisotopic (exact) mass is 274 g/mol. The molecule has 1 fully saturated rings. The molecule has 1 saturated carbocycles. The van der Waals surface area contributed by atoms with Gasteiger partial charge in [0.15, 0.2) is 0 Å². The zero-order valence-electron chi connectivity index (χ0n) is 12.5. The third-order valence-electron chi connectivity index (χ3n) is 3.55. The Morgan fingerprint density at radius 1 is 1.45 bits per heavy atom. The van der Waals surface area contributed by atoms with E-state index < -0.39 is 0 Å². The van der Waals surface area contributed by atoms with E-state index >= 15 is 0 Å². The van der Waals surface area contributed by atoms with Gasteiger partial charge in [-0.1, -0.05) is 25.1 Å². The van der Waals surface area contributed by atoms with Gasteiger partial charge in [0.2, 0.25) is 0 Å². The molecule has 0 saturated heterocycles. The average Bonchev–Trinajstić information content (AvgIpc) is 3.29. The molecule has 0 aromatic heterocycles. The van der Waals surface area contributed by atoms with Gasteiger partial charge in [-0.2, -0.15) is 0 Å². The number of nitrogens with one attached hydrogen (secondary N) is 1. The summed E-state index contributed by atoms with van der Waals surface area (Å²) >= 11 is 0. The molecule has 0 heterocycles. The molecule has 1 aromatic carbocycles. The minimum atomic E-state index is 0.745. The molecule has 0 unspecified atom stereocenters. The molecule has 1 N–H and O–H groups in total. The van der Waals surface area contributed by atoms with E-state index in [2.05, 4.69) is 41.9 Å². The summed E-state index contributed by atoms with van der Waals surface area (Å²) in [7, 11) is 0. The first-order valence-electron chi connectivity index (χ1n) is 7.61. The van der Waals surface area contributed by atoms with Gasteiger partial charge in [-0.05, 0) is 37.1 Å². The minimum absolute atomic E-state index is 0.745. The molecule has 110 valence electrons. The zero-order chi connectivity index (χ0) is 14.2. The lowest BCUT2D eigenvalue weighted by atomic mass is 10.2. The first-order valence-corrected chi connectivity index (χ1v) is 7.61. The fourth-order valence-corrected chi connectivity index (χ4v) is 2.32. The molecule has 0 aliphatic heterocycles. The maximum absolute atomic E-state index is 5.88. The van der Waals surface area contributed by atoms with Gasteiger partial charge in [-0.15, -0.1) is 6.58 Å². The van der Waals surface area contributed by atoms with E-state index in [1.807, 2.05) is 12.1 Å². The van der Waals surface area contributed by atoms with Crippen LogP contribution in [-0.2, 0) is 6.54 Å². The molecule has 3 nitrogen and oxygen atoms in total. The maximum atomic E-state index is 5.88. The summed E-state index contributed by atoms with van der Waals surface area (Å²) in [5, 5.41) is 3.33. The molecule has 0 bridgehead atoms. The van der Waals surface area contributed by atoms with Crippen LogP contribution in [0.25, 0.3) is 0 Å². The van der Waals surface area contributed by atoms with Gasteiger partial charge in [0.05, 0.1) is 0 Å². The highest BCUT2D eigenvalue weighted by Gasteiger charge is 2.27. The highest BCUT2D eigenvalue weighted by molar-refractivity contribution is 5.28. The summed E-state index contributed by atoms with van der Waals surface area (Å²) in [6, 6.07) is 9.10. The minimum Gasteiger partial charge on any atom is -0.492 e. The van der Waals surface area contributed by atoms with Crippen molar-refractivity contribution in [2.45, 2.75) is 32.4 Å². The highest BCUT2D eigenvalue weighted by atomic mass is 16.5. The average molecular weight is 274 g/mol. The lowest BCUT2D eigenvalue weighted by Gasteiger charge is -2.20. The molecule has 3 heteroatoms.